The maximum absolute atomic E-state index is 11.7. The Labute approximate surface area is 149 Å². The van der Waals surface area contributed by atoms with Gasteiger partial charge in [0.25, 0.3) is 5.91 Å². The molecule has 0 radical (unpaired) electrons. The number of carbonyl (C=O) groups is 2. The summed E-state index contributed by atoms with van der Waals surface area (Å²) in [5.41, 5.74) is 6.76. The molecule has 5 N–H and O–H groups in total. The number of nitrogens with two attached hydrogens (primary N) is 2. The van der Waals surface area contributed by atoms with Crippen molar-refractivity contribution in [2.75, 3.05) is 10.3 Å². The van der Waals surface area contributed by atoms with Crippen LogP contribution in [0.1, 0.15) is 17.4 Å². The van der Waals surface area contributed by atoms with Gasteiger partial charge in [0.05, 0.1) is 29.6 Å². The summed E-state index contributed by atoms with van der Waals surface area (Å²) in [7, 11) is 0. The summed E-state index contributed by atoms with van der Waals surface area (Å²) >= 11 is 0. The predicted molar refractivity (Wildman–Crippen MR) is 97.8 cm³/mol. The molecule has 26 heavy (non-hydrogen) atoms. The molecule has 1 atom stereocenters. The van der Waals surface area contributed by atoms with E-state index in [0.717, 1.165) is 15.9 Å². The molecule has 0 fully saturated rings. The molecule has 0 aliphatic rings. The molecule has 2 heterocycles. The molecule has 3 aromatic rings. The Morgan fingerprint density at radius 2 is 2.04 bits per heavy atom. The fourth-order valence-corrected chi connectivity index (χ4v) is 2.32. The van der Waals surface area contributed by atoms with Crippen LogP contribution < -0.4 is 21.9 Å². The van der Waals surface area contributed by atoms with Crippen LogP contribution in [-0.4, -0.2) is 33.2 Å². The smallest absolute Gasteiger partial charge is 0.271 e. The fourth-order valence-electron chi connectivity index (χ4n) is 2.32. The van der Waals surface area contributed by atoms with Gasteiger partial charge in [-0.05, 0) is 19.1 Å². The van der Waals surface area contributed by atoms with E-state index in [1.165, 1.54) is 6.20 Å². The molecule has 0 bridgehead atoms. The van der Waals surface area contributed by atoms with Gasteiger partial charge in [0.2, 0.25) is 0 Å². The lowest BCUT2D eigenvalue weighted by Crippen LogP contribution is -2.41. The molecule has 1 aromatic carbocycles. The number of benzene rings is 1. The number of hydrogen-bond donors (Lipinski definition) is 3. The number of aldehydes is 1. The third-order valence-corrected chi connectivity index (χ3v) is 3.75. The lowest BCUT2D eigenvalue weighted by molar-refractivity contribution is -0.108. The molecule has 0 aliphatic heterocycles. The molecule has 0 aliphatic carbocycles. The van der Waals surface area contributed by atoms with Crippen molar-refractivity contribution in [2.24, 2.45) is 11.6 Å². The molecule has 0 spiro atoms. The van der Waals surface area contributed by atoms with E-state index in [2.05, 4.69) is 20.3 Å². The van der Waals surface area contributed by atoms with Gasteiger partial charge in [0.1, 0.15) is 6.29 Å². The van der Waals surface area contributed by atoms with Crippen LogP contribution in [0.15, 0.2) is 42.7 Å². The number of rotatable bonds is 6. The second kappa shape index (κ2) is 7.11. The number of pyridine rings is 1. The van der Waals surface area contributed by atoms with Crippen molar-refractivity contribution in [1.29, 1.82) is 0 Å². The van der Waals surface area contributed by atoms with E-state index < -0.39 is 11.9 Å². The van der Waals surface area contributed by atoms with Gasteiger partial charge in [-0.3, -0.25) is 14.8 Å². The topological polar surface area (TPSA) is 140 Å². The summed E-state index contributed by atoms with van der Waals surface area (Å²) in [4.78, 5) is 35.2. The summed E-state index contributed by atoms with van der Waals surface area (Å²) in [6, 6.07) is 8.84. The molecule has 1 amide bonds. The first-order valence-corrected chi connectivity index (χ1v) is 7.77. The van der Waals surface area contributed by atoms with E-state index in [1.807, 2.05) is 30.3 Å². The van der Waals surface area contributed by atoms with Gasteiger partial charge < -0.3 is 15.8 Å². The highest BCUT2D eigenvalue weighted by Crippen LogP contribution is 2.22. The highest BCUT2D eigenvalue weighted by Gasteiger charge is 2.17. The number of hydrogen-bond acceptors (Lipinski definition) is 8. The second-order valence-electron chi connectivity index (χ2n) is 5.62. The van der Waals surface area contributed by atoms with Gasteiger partial charge in [-0.1, -0.05) is 18.2 Å². The van der Waals surface area contributed by atoms with E-state index in [4.69, 9.17) is 11.6 Å². The zero-order valence-corrected chi connectivity index (χ0v) is 14.0. The van der Waals surface area contributed by atoms with Crippen molar-refractivity contribution in [3.8, 4) is 0 Å². The lowest BCUT2D eigenvalue weighted by atomic mass is 10.2. The van der Waals surface area contributed by atoms with Crippen molar-refractivity contribution in [1.82, 2.24) is 15.0 Å². The normalized spacial score (nSPS) is 11.8. The van der Waals surface area contributed by atoms with Crippen LogP contribution in [0.3, 0.4) is 0 Å². The minimum Gasteiger partial charge on any atom is -0.364 e. The van der Waals surface area contributed by atoms with Crippen LogP contribution in [0.4, 0.5) is 17.3 Å². The standard InChI is InChI=1S/C17H17N7O2/c1-10(9-25)24(19)14-8-21-15(16(18)26)17(23-14)22-12-6-11-4-2-3-5-13(11)20-7-12/h2-10H,19H2,1H3,(H2,18,26)(H,22,23). The molecular weight excluding hydrogens is 334 g/mol. The number of aromatic nitrogens is 3. The molecule has 1 unspecified atom stereocenters. The Morgan fingerprint density at radius 3 is 2.77 bits per heavy atom. The van der Waals surface area contributed by atoms with Gasteiger partial charge >= 0.3 is 0 Å². The summed E-state index contributed by atoms with van der Waals surface area (Å²) in [5.74, 6) is 5.45. The van der Waals surface area contributed by atoms with E-state index in [9.17, 15) is 9.59 Å². The zero-order valence-electron chi connectivity index (χ0n) is 14.0. The molecule has 0 saturated carbocycles. The quantitative estimate of drug-likeness (QED) is 0.341. The number of nitrogens with zero attached hydrogens (tertiary/aromatic N) is 4. The minimum atomic E-state index is -0.743. The third kappa shape index (κ3) is 3.42. The molecule has 0 saturated heterocycles. The Hall–Kier alpha value is -3.59. The van der Waals surface area contributed by atoms with Crippen LogP contribution in [0, 0.1) is 0 Å². The number of hydrazine groups is 1. The molecular formula is C17H17N7O2. The SMILES string of the molecule is CC(C=O)N(N)c1cnc(C(N)=O)c(Nc2cnc3ccccc3c2)n1. The van der Waals surface area contributed by atoms with Gasteiger partial charge in [-0.15, -0.1) is 0 Å². The van der Waals surface area contributed by atoms with E-state index >= 15 is 0 Å². The van der Waals surface area contributed by atoms with E-state index in [-0.39, 0.29) is 17.3 Å². The van der Waals surface area contributed by atoms with Gasteiger partial charge in [-0.25, -0.2) is 15.8 Å². The number of primary amides is 1. The maximum atomic E-state index is 11.7. The number of fused-ring (bicyclic) bond motifs is 1. The number of carbonyl (C=O) groups excluding carboxylic acids is 2. The van der Waals surface area contributed by atoms with Crippen molar-refractivity contribution >= 4 is 40.4 Å². The summed E-state index contributed by atoms with van der Waals surface area (Å²) < 4.78 is 0. The van der Waals surface area contributed by atoms with Crippen molar-refractivity contribution < 1.29 is 9.59 Å². The van der Waals surface area contributed by atoms with Crippen molar-refractivity contribution in [3.05, 3.63) is 48.4 Å². The number of anilines is 3. The molecule has 2 aromatic heterocycles. The largest absolute Gasteiger partial charge is 0.364 e. The minimum absolute atomic E-state index is 0.0472. The maximum Gasteiger partial charge on any atom is 0.271 e. The van der Waals surface area contributed by atoms with Gasteiger partial charge in [0, 0.05) is 5.39 Å². The number of amides is 1. The van der Waals surface area contributed by atoms with E-state index in [0.29, 0.717) is 12.0 Å². The second-order valence-corrected chi connectivity index (χ2v) is 5.62. The zero-order chi connectivity index (χ0) is 18.7. The van der Waals surface area contributed by atoms with Crippen LogP contribution in [0.5, 0.6) is 0 Å². The Morgan fingerprint density at radius 1 is 1.27 bits per heavy atom. The average Bonchev–Trinajstić information content (AvgIpc) is 2.66. The third-order valence-electron chi connectivity index (χ3n) is 3.75. The van der Waals surface area contributed by atoms with Crippen LogP contribution in [-0.2, 0) is 4.79 Å². The first-order valence-electron chi connectivity index (χ1n) is 7.77. The molecule has 9 nitrogen and oxygen atoms in total. The lowest BCUT2D eigenvalue weighted by Gasteiger charge is -2.21. The van der Waals surface area contributed by atoms with Crippen LogP contribution in [0.25, 0.3) is 10.9 Å². The van der Waals surface area contributed by atoms with Gasteiger partial charge in [-0.2, -0.15) is 0 Å². The van der Waals surface area contributed by atoms with Crippen LogP contribution in [0.2, 0.25) is 0 Å². The number of nitrogens with one attached hydrogen (secondary N) is 1. The Balaban J connectivity index is 2.00. The highest BCUT2D eigenvalue weighted by molar-refractivity contribution is 5.96. The summed E-state index contributed by atoms with van der Waals surface area (Å²) in [6.07, 6.45) is 3.56. The first kappa shape index (κ1) is 17.2. The van der Waals surface area contributed by atoms with Crippen molar-refractivity contribution in [3.63, 3.8) is 0 Å². The average molecular weight is 351 g/mol. The fraction of sp³-hybridized carbons (Fsp3) is 0.118. The van der Waals surface area contributed by atoms with Gasteiger partial charge in [0.15, 0.2) is 17.3 Å². The van der Waals surface area contributed by atoms with Crippen molar-refractivity contribution in [2.45, 2.75) is 13.0 Å². The Bertz CT molecular complexity index is 976. The summed E-state index contributed by atoms with van der Waals surface area (Å²) in [5, 5.41) is 5.05. The molecule has 9 heteroatoms. The number of para-hydroxylation sites is 1. The Kier molecular flexibility index (Phi) is 4.72. The summed E-state index contributed by atoms with van der Waals surface area (Å²) in [6.45, 7) is 1.61. The van der Waals surface area contributed by atoms with E-state index in [1.54, 1.807) is 13.1 Å². The first-order chi connectivity index (χ1) is 12.5. The molecule has 132 valence electrons. The highest BCUT2D eigenvalue weighted by atomic mass is 16.1. The molecule has 3 rings (SSSR count). The monoisotopic (exact) mass is 351 g/mol. The predicted octanol–water partition coefficient (Wildman–Crippen LogP) is 1.13. The van der Waals surface area contributed by atoms with Crippen LogP contribution >= 0.6 is 0 Å².